The van der Waals surface area contributed by atoms with Crippen molar-refractivity contribution in [1.29, 1.82) is 0 Å². The normalized spacial score (nSPS) is 11.0. The van der Waals surface area contributed by atoms with Crippen LogP contribution in [-0.4, -0.2) is 18.9 Å². The molecule has 0 aliphatic rings. The topological polar surface area (TPSA) is 65.5 Å². The highest BCUT2D eigenvalue weighted by Crippen LogP contribution is 2.10. The van der Waals surface area contributed by atoms with Crippen molar-refractivity contribution in [3.63, 3.8) is 0 Å². The van der Waals surface area contributed by atoms with Crippen molar-refractivity contribution in [2.45, 2.75) is 20.0 Å². The Bertz CT molecular complexity index is 730. The number of guanidine groups is 1. The third-order valence-electron chi connectivity index (χ3n) is 3.34. The Kier molecular flexibility index (Phi) is 6.31. The zero-order valence-electron chi connectivity index (χ0n) is 13.8. The van der Waals surface area contributed by atoms with E-state index < -0.39 is 0 Å². The van der Waals surface area contributed by atoms with Gasteiger partial charge in [-0.2, -0.15) is 0 Å². The molecule has 0 heterocycles. The molecule has 0 spiro atoms. The van der Waals surface area contributed by atoms with Crippen molar-refractivity contribution in [3.8, 4) is 0 Å². The van der Waals surface area contributed by atoms with Crippen LogP contribution in [0.5, 0.6) is 0 Å². The van der Waals surface area contributed by atoms with Gasteiger partial charge in [-0.1, -0.05) is 30.3 Å². The van der Waals surface area contributed by atoms with E-state index in [-0.39, 0.29) is 11.7 Å². The summed E-state index contributed by atoms with van der Waals surface area (Å²) in [5, 5.41) is 8.98. The number of carbonyl (C=O) groups excluding carboxylic acids is 1. The number of hydrogen-bond acceptors (Lipinski definition) is 2. The van der Waals surface area contributed by atoms with Gasteiger partial charge in [0.1, 0.15) is 5.82 Å². The molecule has 2 aromatic carbocycles. The number of benzene rings is 2. The number of nitrogens with zero attached hydrogens (tertiary/aromatic N) is 1. The summed E-state index contributed by atoms with van der Waals surface area (Å²) < 4.78 is 13.6. The second-order valence-corrected chi connectivity index (χ2v) is 5.25. The molecule has 0 aliphatic heterocycles. The van der Waals surface area contributed by atoms with Crippen molar-refractivity contribution < 1.29 is 9.18 Å². The molecule has 0 radical (unpaired) electrons. The number of nitrogens with one attached hydrogen (secondary N) is 3. The van der Waals surface area contributed by atoms with E-state index in [0.717, 1.165) is 11.3 Å². The van der Waals surface area contributed by atoms with E-state index >= 15 is 0 Å². The fraction of sp³-hybridized carbons (Fsp3) is 0.222. The van der Waals surface area contributed by atoms with Crippen LogP contribution in [0.3, 0.4) is 0 Å². The molecule has 0 atom stereocenters. The molecular formula is C18H21FN4O. The standard InChI is InChI=1S/C18H21FN4O/c1-13(24)23-16-8-5-6-14(10-16)11-21-18(20-2)22-12-15-7-3-4-9-17(15)19/h3-10H,11-12H2,1-2H3,(H,23,24)(H2,20,21,22). The van der Waals surface area contributed by atoms with Crippen molar-refractivity contribution in [3.05, 3.63) is 65.5 Å². The lowest BCUT2D eigenvalue weighted by atomic mass is 10.2. The van der Waals surface area contributed by atoms with Gasteiger partial charge >= 0.3 is 0 Å². The summed E-state index contributed by atoms with van der Waals surface area (Å²) >= 11 is 0. The maximum atomic E-state index is 13.6. The van der Waals surface area contributed by atoms with Crippen molar-refractivity contribution in [2.24, 2.45) is 4.99 Å². The predicted octanol–water partition coefficient (Wildman–Crippen LogP) is 2.65. The van der Waals surface area contributed by atoms with E-state index in [4.69, 9.17) is 0 Å². The molecule has 0 unspecified atom stereocenters. The van der Waals surface area contributed by atoms with Crippen molar-refractivity contribution >= 4 is 17.6 Å². The maximum Gasteiger partial charge on any atom is 0.221 e. The molecule has 126 valence electrons. The lowest BCUT2D eigenvalue weighted by Gasteiger charge is -2.13. The maximum absolute atomic E-state index is 13.6. The average molecular weight is 328 g/mol. The van der Waals surface area contributed by atoms with Crippen LogP contribution in [0.25, 0.3) is 0 Å². The van der Waals surface area contributed by atoms with Crippen molar-refractivity contribution in [2.75, 3.05) is 12.4 Å². The molecular weight excluding hydrogens is 307 g/mol. The first kappa shape index (κ1) is 17.5. The van der Waals surface area contributed by atoms with E-state index in [2.05, 4.69) is 20.9 Å². The first-order valence-corrected chi connectivity index (χ1v) is 7.63. The van der Waals surface area contributed by atoms with Crippen LogP contribution in [0.1, 0.15) is 18.1 Å². The van der Waals surface area contributed by atoms with Gasteiger partial charge in [-0.15, -0.1) is 0 Å². The van der Waals surface area contributed by atoms with Crippen LogP contribution in [0, 0.1) is 5.82 Å². The second kappa shape index (κ2) is 8.67. The zero-order valence-corrected chi connectivity index (χ0v) is 13.8. The molecule has 3 N–H and O–H groups in total. The Morgan fingerprint density at radius 1 is 1.08 bits per heavy atom. The molecule has 0 bridgehead atoms. The summed E-state index contributed by atoms with van der Waals surface area (Å²) in [7, 11) is 1.66. The van der Waals surface area contributed by atoms with Crippen LogP contribution in [0.15, 0.2) is 53.5 Å². The lowest BCUT2D eigenvalue weighted by Crippen LogP contribution is -2.36. The van der Waals surface area contributed by atoms with Gasteiger partial charge in [-0.3, -0.25) is 9.79 Å². The third kappa shape index (κ3) is 5.39. The fourth-order valence-corrected chi connectivity index (χ4v) is 2.19. The predicted molar refractivity (Wildman–Crippen MR) is 94.2 cm³/mol. The summed E-state index contributed by atoms with van der Waals surface area (Å²) in [5.74, 6) is 0.217. The van der Waals surface area contributed by atoms with Gasteiger partial charge in [0.25, 0.3) is 0 Å². The van der Waals surface area contributed by atoms with E-state index in [1.165, 1.54) is 13.0 Å². The summed E-state index contributed by atoms with van der Waals surface area (Å²) in [6, 6.07) is 14.2. The van der Waals surface area contributed by atoms with Crippen LogP contribution < -0.4 is 16.0 Å². The summed E-state index contributed by atoms with van der Waals surface area (Å²) in [5.41, 5.74) is 2.32. The van der Waals surface area contributed by atoms with E-state index in [1.54, 1.807) is 25.2 Å². The molecule has 0 saturated heterocycles. The van der Waals surface area contributed by atoms with Gasteiger partial charge in [0.2, 0.25) is 5.91 Å². The van der Waals surface area contributed by atoms with Gasteiger partial charge in [-0.25, -0.2) is 4.39 Å². The van der Waals surface area contributed by atoms with Gasteiger partial charge in [0, 0.05) is 38.3 Å². The highest BCUT2D eigenvalue weighted by atomic mass is 19.1. The molecule has 0 aromatic heterocycles. The first-order chi connectivity index (χ1) is 11.6. The number of halogens is 1. The van der Waals surface area contributed by atoms with E-state index in [0.29, 0.717) is 24.6 Å². The van der Waals surface area contributed by atoms with Crippen LogP contribution in [-0.2, 0) is 17.9 Å². The molecule has 2 rings (SSSR count). The fourth-order valence-electron chi connectivity index (χ4n) is 2.19. The van der Waals surface area contributed by atoms with Crippen LogP contribution in [0.4, 0.5) is 10.1 Å². The third-order valence-corrected chi connectivity index (χ3v) is 3.34. The van der Waals surface area contributed by atoms with Gasteiger partial charge in [0.15, 0.2) is 5.96 Å². The minimum atomic E-state index is -0.247. The molecule has 0 aliphatic carbocycles. The van der Waals surface area contributed by atoms with E-state index in [9.17, 15) is 9.18 Å². The summed E-state index contributed by atoms with van der Waals surface area (Å²) in [6.07, 6.45) is 0. The molecule has 0 fully saturated rings. The highest BCUT2D eigenvalue weighted by Gasteiger charge is 2.03. The number of amides is 1. The zero-order chi connectivity index (χ0) is 17.4. The Balaban J connectivity index is 1.90. The van der Waals surface area contributed by atoms with Gasteiger partial charge < -0.3 is 16.0 Å². The minimum absolute atomic E-state index is 0.109. The number of rotatable bonds is 5. The molecule has 5 nitrogen and oxygen atoms in total. The molecule has 24 heavy (non-hydrogen) atoms. The monoisotopic (exact) mass is 328 g/mol. The van der Waals surface area contributed by atoms with Gasteiger partial charge in [-0.05, 0) is 23.8 Å². The SMILES string of the molecule is CN=C(NCc1cccc(NC(C)=O)c1)NCc1ccccc1F. The Morgan fingerprint density at radius 2 is 1.83 bits per heavy atom. The quantitative estimate of drug-likeness (QED) is 0.584. The Morgan fingerprint density at radius 3 is 2.54 bits per heavy atom. The highest BCUT2D eigenvalue weighted by molar-refractivity contribution is 5.88. The van der Waals surface area contributed by atoms with Crippen molar-refractivity contribution in [1.82, 2.24) is 10.6 Å². The number of carbonyl (C=O) groups is 1. The minimum Gasteiger partial charge on any atom is -0.352 e. The smallest absolute Gasteiger partial charge is 0.221 e. The van der Waals surface area contributed by atoms with E-state index in [1.807, 2.05) is 24.3 Å². The number of aliphatic imine (C=N–C) groups is 1. The van der Waals surface area contributed by atoms with Crippen LogP contribution >= 0.6 is 0 Å². The Labute approximate surface area is 141 Å². The number of anilines is 1. The van der Waals surface area contributed by atoms with Gasteiger partial charge in [0.05, 0.1) is 0 Å². The molecule has 1 amide bonds. The number of hydrogen-bond donors (Lipinski definition) is 3. The molecule has 6 heteroatoms. The summed E-state index contributed by atoms with van der Waals surface area (Å²) in [6.45, 7) is 2.35. The Hall–Kier alpha value is -2.89. The van der Waals surface area contributed by atoms with Crippen LogP contribution in [0.2, 0.25) is 0 Å². The summed E-state index contributed by atoms with van der Waals surface area (Å²) in [4.78, 5) is 15.2. The molecule has 2 aromatic rings. The first-order valence-electron chi connectivity index (χ1n) is 7.63. The lowest BCUT2D eigenvalue weighted by molar-refractivity contribution is -0.114. The molecule has 0 saturated carbocycles. The average Bonchev–Trinajstić information content (AvgIpc) is 2.56. The second-order valence-electron chi connectivity index (χ2n) is 5.25. The largest absolute Gasteiger partial charge is 0.352 e.